The molecule has 2 aliphatic carbocycles. The number of carbonyl (C=O) groups excluding carboxylic acids is 4. The third kappa shape index (κ3) is 6.89. The normalized spacial score (nSPS) is 36.3. The fraction of sp³-hybridized carbons (Fsp3) is 0.892. The summed E-state index contributed by atoms with van der Waals surface area (Å²) in [5, 5.41) is 6.12. The van der Waals surface area contributed by atoms with Crippen molar-refractivity contribution in [2.45, 2.75) is 116 Å². The highest BCUT2D eigenvalue weighted by molar-refractivity contribution is 5.80. The van der Waals surface area contributed by atoms with Crippen LogP contribution in [0.5, 0.6) is 0 Å². The number of likely N-dealkylation sites (tertiary alicyclic amines) is 4. The summed E-state index contributed by atoms with van der Waals surface area (Å²) < 4.78 is 10.3. The molecule has 6 aliphatic heterocycles. The topological polar surface area (TPSA) is 124 Å². The number of carbonyl (C=O) groups is 4. The van der Waals surface area contributed by atoms with Gasteiger partial charge in [0.25, 0.3) is 0 Å². The first-order valence-corrected chi connectivity index (χ1v) is 19.4. The molecule has 2 saturated carbocycles. The van der Waals surface area contributed by atoms with Crippen molar-refractivity contribution in [3.8, 4) is 0 Å². The molecule has 49 heavy (non-hydrogen) atoms. The number of hydrogen-bond donors (Lipinski definition) is 2. The van der Waals surface area contributed by atoms with E-state index in [-0.39, 0.29) is 34.8 Å². The Morgan fingerprint density at radius 3 is 1.55 bits per heavy atom. The molecule has 1 unspecified atom stereocenters. The smallest absolute Gasteiger partial charge is 0.409 e. The minimum atomic E-state index is -0.143. The van der Waals surface area contributed by atoms with E-state index in [1.807, 2.05) is 23.6 Å². The monoisotopic (exact) mass is 684 g/mol. The van der Waals surface area contributed by atoms with Gasteiger partial charge in [0.2, 0.25) is 11.8 Å². The summed E-state index contributed by atoms with van der Waals surface area (Å²) in [4.78, 5) is 56.1. The second-order valence-corrected chi connectivity index (χ2v) is 17.2. The zero-order chi connectivity index (χ0) is 34.4. The number of nitrogens with one attached hydrogen (secondary N) is 2. The standard InChI is InChI=1S/C19H31N3O3.C18H29N3O3/c1-3-25-17(24)22-7-4-18(13-22)10-15(11-18)21-8-5-19(6-9-21)12-16(23)20-14(19)2;1-2-24-16(23)21-8-5-18(13-21)9-14(10-18)20-6-3-17(4-7-20)11-15(22)19-12-17/h14-15H,3-13H2,1-2H3,(H,20,23);14H,2-13H2,1H3,(H,19,22). The first-order chi connectivity index (χ1) is 23.5. The molecule has 2 N–H and O–H groups in total. The zero-order valence-electron chi connectivity index (χ0n) is 30.2. The first-order valence-electron chi connectivity index (χ1n) is 19.4. The summed E-state index contributed by atoms with van der Waals surface area (Å²) in [6.07, 6.45) is 12.8. The van der Waals surface area contributed by atoms with Crippen LogP contribution in [0.2, 0.25) is 0 Å². The van der Waals surface area contributed by atoms with Crippen LogP contribution in [0.4, 0.5) is 9.59 Å². The Kier molecular flexibility index (Phi) is 9.60. The van der Waals surface area contributed by atoms with E-state index in [0.717, 1.165) is 104 Å². The van der Waals surface area contributed by atoms with Crippen LogP contribution in [-0.2, 0) is 19.1 Å². The third-order valence-corrected chi connectivity index (χ3v) is 14.3. The maximum absolute atomic E-state index is 11.9. The summed E-state index contributed by atoms with van der Waals surface area (Å²) in [6.45, 7) is 15.6. The highest BCUT2D eigenvalue weighted by Gasteiger charge is 2.54. The van der Waals surface area contributed by atoms with Crippen molar-refractivity contribution in [3.05, 3.63) is 0 Å². The number of rotatable bonds is 4. The number of amides is 4. The number of piperidine rings is 2. The molecule has 0 aromatic rings. The summed E-state index contributed by atoms with van der Waals surface area (Å²) in [7, 11) is 0. The molecule has 0 aromatic heterocycles. The molecule has 0 aromatic carbocycles. The van der Waals surface area contributed by atoms with Crippen LogP contribution >= 0.6 is 0 Å². The number of hydrogen-bond acceptors (Lipinski definition) is 8. The van der Waals surface area contributed by atoms with Crippen LogP contribution in [0.3, 0.4) is 0 Å². The van der Waals surface area contributed by atoms with Crippen molar-refractivity contribution < 1.29 is 28.7 Å². The number of nitrogens with zero attached hydrogens (tertiary/aromatic N) is 4. The van der Waals surface area contributed by atoms with E-state index in [9.17, 15) is 19.2 Å². The molecule has 0 radical (unpaired) electrons. The maximum Gasteiger partial charge on any atom is 0.409 e. The lowest BCUT2D eigenvalue weighted by Crippen LogP contribution is -2.56. The van der Waals surface area contributed by atoms with Gasteiger partial charge >= 0.3 is 12.2 Å². The van der Waals surface area contributed by atoms with E-state index in [1.165, 1.54) is 25.7 Å². The van der Waals surface area contributed by atoms with Crippen LogP contribution in [0, 0.1) is 21.7 Å². The fourth-order valence-corrected chi connectivity index (χ4v) is 11.0. The van der Waals surface area contributed by atoms with Crippen molar-refractivity contribution in [2.24, 2.45) is 21.7 Å². The van der Waals surface area contributed by atoms with Crippen LogP contribution in [0.1, 0.15) is 97.8 Å². The van der Waals surface area contributed by atoms with Crippen LogP contribution < -0.4 is 10.6 Å². The van der Waals surface area contributed by atoms with Crippen molar-refractivity contribution in [1.82, 2.24) is 30.2 Å². The Labute approximate surface area is 292 Å². The predicted molar refractivity (Wildman–Crippen MR) is 184 cm³/mol. The number of ether oxygens (including phenoxy) is 2. The van der Waals surface area contributed by atoms with Gasteiger partial charge in [-0.3, -0.25) is 9.59 Å². The Bertz CT molecular complexity index is 1260. The Morgan fingerprint density at radius 2 is 1.14 bits per heavy atom. The van der Waals surface area contributed by atoms with Gasteiger partial charge < -0.3 is 39.7 Å². The average Bonchev–Trinajstić information content (AvgIpc) is 3.83. The van der Waals surface area contributed by atoms with Gasteiger partial charge in [-0.05, 0) is 127 Å². The average molecular weight is 685 g/mol. The predicted octanol–water partition coefficient (Wildman–Crippen LogP) is 3.59. The fourth-order valence-electron chi connectivity index (χ4n) is 11.0. The highest BCUT2D eigenvalue weighted by atomic mass is 16.6. The highest BCUT2D eigenvalue weighted by Crippen LogP contribution is 2.53. The van der Waals surface area contributed by atoms with Gasteiger partial charge in [-0.25, -0.2) is 9.59 Å². The van der Waals surface area contributed by atoms with Crippen LogP contribution in [-0.4, -0.2) is 134 Å². The van der Waals surface area contributed by atoms with E-state index < -0.39 is 0 Å². The van der Waals surface area contributed by atoms with E-state index in [0.29, 0.717) is 48.6 Å². The molecule has 8 rings (SSSR count). The second-order valence-electron chi connectivity index (χ2n) is 17.2. The van der Waals surface area contributed by atoms with Crippen molar-refractivity contribution in [3.63, 3.8) is 0 Å². The minimum Gasteiger partial charge on any atom is -0.450 e. The Morgan fingerprint density at radius 1 is 0.673 bits per heavy atom. The summed E-state index contributed by atoms with van der Waals surface area (Å²) in [6, 6.07) is 1.66. The Balaban J connectivity index is 0.000000154. The lowest BCUT2D eigenvalue weighted by atomic mass is 9.63. The molecular formula is C37H60N6O6. The lowest BCUT2D eigenvalue weighted by molar-refractivity contribution is -0.120. The molecule has 8 aliphatic rings. The molecule has 8 fully saturated rings. The van der Waals surface area contributed by atoms with Crippen molar-refractivity contribution >= 4 is 24.0 Å². The van der Waals surface area contributed by atoms with E-state index >= 15 is 0 Å². The van der Waals surface area contributed by atoms with Crippen LogP contribution in [0.15, 0.2) is 0 Å². The molecule has 4 spiro atoms. The molecule has 274 valence electrons. The molecule has 4 amide bonds. The summed E-state index contributed by atoms with van der Waals surface area (Å²) in [5.74, 6) is 0.463. The van der Waals surface area contributed by atoms with E-state index in [4.69, 9.17) is 9.47 Å². The molecular weight excluding hydrogens is 624 g/mol. The zero-order valence-corrected chi connectivity index (χ0v) is 30.2. The van der Waals surface area contributed by atoms with Gasteiger partial charge in [0.15, 0.2) is 0 Å². The summed E-state index contributed by atoms with van der Waals surface area (Å²) >= 11 is 0. The first kappa shape index (κ1) is 34.8. The lowest BCUT2D eigenvalue weighted by Gasteiger charge is -2.53. The maximum atomic E-state index is 11.9. The van der Waals surface area contributed by atoms with Gasteiger partial charge in [-0.15, -0.1) is 0 Å². The van der Waals surface area contributed by atoms with Gasteiger partial charge in [0.1, 0.15) is 0 Å². The van der Waals surface area contributed by atoms with Gasteiger partial charge in [0.05, 0.1) is 13.2 Å². The molecule has 6 saturated heterocycles. The molecule has 12 heteroatoms. The van der Waals surface area contributed by atoms with Crippen LogP contribution in [0.25, 0.3) is 0 Å². The summed E-state index contributed by atoms with van der Waals surface area (Å²) in [5.41, 5.74) is 1.12. The van der Waals surface area contributed by atoms with E-state index in [2.05, 4.69) is 27.4 Å². The second kappa shape index (κ2) is 13.5. The van der Waals surface area contributed by atoms with Crippen molar-refractivity contribution in [2.75, 3.05) is 72.1 Å². The molecule has 1 atom stereocenters. The quantitative estimate of drug-likeness (QED) is 0.461. The Hall–Kier alpha value is -2.60. The van der Waals surface area contributed by atoms with Gasteiger partial charge in [-0.1, -0.05) is 0 Å². The van der Waals surface area contributed by atoms with Crippen molar-refractivity contribution in [1.29, 1.82) is 0 Å². The molecule has 12 nitrogen and oxygen atoms in total. The minimum absolute atomic E-state index is 0.142. The van der Waals surface area contributed by atoms with E-state index in [1.54, 1.807) is 0 Å². The molecule has 6 heterocycles. The largest absolute Gasteiger partial charge is 0.450 e. The molecule has 0 bridgehead atoms. The van der Waals surface area contributed by atoms with Gasteiger partial charge in [0, 0.05) is 69.1 Å². The third-order valence-electron chi connectivity index (χ3n) is 14.3. The van der Waals surface area contributed by atoms with Gasteiger partial charge in [-0.2, -0.15) is 0 Å². The SMILES string of the molecule is CCOC(=O)N1CCC2(CC(N3CCC4(CC3)CC(=O)NC4C)C2)C1.CCOC(=O)N1CCC2(CC(N3CCC4(CC3)CNC(=O)C4)C2)C1.